The molecule has 1 aromatic rings. The minimum Gasteiger partial charge on any atom is -0.454 e. The molecule has 0 aromatic heterocycles. The second kappa shape index (κ2) is 8.62. The number of rotatable bonds is 5. The number of fused-ring (bicyclic) bond motifs is 1. The van der Waals surface area contributed by atoms with E-state index in [2.05, 4.69) is 33.8 Å². The van der Waals surface area contributed by atoms with Gasteiger partial charge in [0.25, 0.3) is 0 Å². The van der Waals surface area contributed by atoms with Gasteiger partial charge in [0.15, 0.2) is 12.4 Å². The van der Waals surface area contributed by atoms with Gasteiger partial charge >= 0.3 is 17.9 Å². The molecule has 6 aliphatic rings. The third kappa shape index (κ3) is 3.37. The van der Waals surface area contributed by atoms with E-state index in [1.54, 1.807) is 24.3 Å². The molecule has 202 valence electrons. The lowest BCUT2D eigenvalue weighted by molar-refractivity contribution is -0.187. The number of Topliss-reactive ketones (excluding diaryl/α,β-unsaturated/α-hetero) is 1. The van der Waals surface area contributed by atoms with E-state index in [4.69, 9.17) is 9.47 Å². The fourth-order valence-corrected chi connectivity index (χ4v) is 9.79. The van der Waals surface area contributed by atoms with Crippen LogP contribution in [0.15, 0.2) is 42.0 Å². The molecule has 3 saturated carbocycles. The van der Waals surface area contributed by atoms with E-state index in [-0.39, 0.29) is 53.4 Å². The van der Waals surface area contributed by atoms with Crippen molar-refractivity contribution in [2.45, 2.75) is 66.2 Å². The van der Waals surface area contributed by atoms with Gasteiger partial charge in [-0.25, -0.2) is 4.79 Å². The summed E-state index contributed by atoms with van der Waals surface area (Å²) >= 11 is 0. The lowest BCUT2D eigenvalue weighted by Crippen LogP contribution is -2.65. The third-order valence-corrected chi connectivity index (χ3v) is 11.4. The Hall–Kier alpha value is -2.76. The first-order chi connectivity index (χ1) is 18.0. The van der Waals surface area contributed by atoms with Crippen molar-refractivity contribution in [3.63, 3.8) is 0 Å². The minimum atomic E-state index is -0.599. The smallest absolute Gasteiger partial charge is 0.338 e. The molecule has 4 fully saturated rings. The maximum Gasteiger partial charge on any atom is 0.338 e. The summed E-state index contributed by atoms with van der Waals surface area (Å²) in [6, 6.07) is 8.77. The van der Waals surface area contributed by atoms with Crippen molar-refractivity contribution in [3.8, 4) is 0 Å². The Balaban J connectivity index is 1.31. The molecule has 1 aromatic carbocycles. The van der Waals surface area contributed by atoms with Crippen LogP contribution in [0.4, 0.5) is 0 Å². The molecule has 1 heterocycles. The van der Waals surface area contributed by atoms with Gasteiger partial charge in [-0.15, -0.1) is 0 Å². The first kappa shape index (κ1) is 25.5. The molecule has 6 nitrogen and oxygen atoms in total. The van der Waals surface area contributed by atoms with E-state index in [0.29, 0.717) is 11.5 Å². The van der Waals surface area contributed by atoms with Crippen LogP contribution in [-0.4, -0.2) is 30.3 Å². The first-order valence-electron chi connectivity index (χ1n) is 14.3. The highest BCUT2D eigenvalue weighted by Crippen LogP contribution is 2.74. The highest BCUT2D eigenvalue weighted by Gasteiger charge is 2.72. The standard InChI is InChI=1S/C32H38O6/c1-18(2)21-16-32-14-11-22-30(3,23(32)15-20(21)25-26(32)29(36)38-28(25)35)12-8-13-31(22,4)24(33)17-37-27(34)19-9-6-5-7-10-19/h5-7,9-10,16,18,20,22-23,25-26H,8,11-15,17H2,1-4H3. The molecular formula is C32H38O6. The number of benzene rings is 1. The topological polar surface area (TPSA) is 86.7 Å². The van der Waals surface area contributed by atoms with Crippen molar-refractivity contribution in [2.75, 3.05) is 6.61 Å². The van der Waals surface area contributed by atoms with E-state index in [0.717, 1.165) is 38.5 Å². The predicted octanol–water partition coefficient (Wildman–Crippen LogP) is 5.55. The van der Waals surface area contributed by atoms with Crippen LogP contribution in [0.3, 0.4) is 0 Å². The Kier molecular flexibility index (Phi) is 5.79. The van der Waals surface area contributed by atoms with Crippen molar-refractivity contribution in [1.29, 1.82) is 0 Å². The fraction of sp³-hybridized carbons (Fsp3) is 0.625. The Morgan fingerprint density at radius 3 is 2.47 bits per heavy atom. The molecule has 38 heavy (non-hydrogen) atoms. The number of hydrogen-bond acceptors (Lipinski definition) is 6. The second-order valence-corrected chi connectivity index (χ2v) is 13.3. The van der Waals surface area contributed by atoms with Crippen LogP contribution in [0.1, 0.15) is 76.6 Å². The zero-order valence-corrected chi connectivity index (χ0v) is 22.8. The molecule has 0 amide bonds. The van der Waals surface area contributed by atoms with Gasteiger partial charge in [0.1, 0.15) is 0 Å². The average Bonchev–Trinajstić information content (AvgIpc) is 3.22. The number of carbonyl (C=O) groups excluding carboxylic acids is 4. The summed E-state index contributed by atoms with van der Waals surface area (Å²) in [5.41, 5.74) is 0.599. The number of ketones is 1. The molecule has 0 radical (unpaired) electrons. The van der Waals surface area contributed by atoms with Gasteiger partial charge in [0.05, 0.1) is 17.4 Å². The number of cyclic esters (lactones) is 2. The van der Waals surface area contributed by atoms with E-state index in [1.165, 1.54) is 5.57 Å². The van der Waals surface area contributed by atoms with Gasteiger partial charge in [-0.1, -0.05) is 64.0 Å². The summed E-state index contributed by atoms with van der Waals surface area (Å²) < 4.78 is 10.8. The molecule has 8 unspecified atom stereocenters. The maximum atomic E-state index is 13.8. The van der Waals surface area contributed by atoms with Crippen molar-refractivity contribution in [3.05, 3.63) is 47.5 Å². The number of allylic oxidation sites excluding steroid dienone is 2. The minimum absolute atomic E-state index is 0.0126. The summed E-state index contributed by atoms with van der Waals surface area (Å²) in [6.07, 6.45) is 7.52. The fourth-order valence-electron chi connectivity index (χ4n) is 9.79. The van der Waals surface area contributed by atoms with Gasteiger partial charge in [-0.05, 0) is 73.3 Å². The van der Waals surface area contributed by atoms with Gasteiger partial charge < -0.3 is 9.47 Å². The lowest BCUT2D eigenvalue weighted by Gasteiger charge is -2.68. The highest BCUT2D eigenvalue weighted by atomic mass is 16.6. The zero-order valence-electron chi connectivity index (χ0n) is 22.8. The van der Waals surface area contributed by atoms with Crippen LogP contribution in [-0.2, 0) is 23.9 Å². The maximum absolute atomic E-state index is 13.8. The van der Waals surface area contributed by atoms with Crippen LogP contribution in [0.25, 0.3) is 0 Å². The van der Waals surface area contributed by atoms with Crippen LogP contribution >= 0.6 is 0 Å². The molecule has 8 atom stereocenters. The number of hydrogen-bond donors (Lipinski definition) is 0. The summed E-state index contributed by atoms with van der Waals surface area (Å²) in [5.74, 6) is -1.28. The van der Waals surface area contributed by atoms with Gasteiger partial charge in [-0.3, -0.25) is 14.4 Å². The molecular weight excluding hydrogens is 480 g/mol. The molecule has 5 aliphatic carbocycles. The van der Waals surface area contributed by atoms with Gasteiger partial charge in [0, 0.05) is 10.8 Å². The monoisotopic (exact) mass is 518 g/mol. The third-order valence-electron chi connectivity index (χ3n) is 11.4. The van der Waals surface area contributed by atoms with Crippen LogP contribution in [0, 0.1) is 51.8 Å². The molecule has 7 rings (SSSR count). The average molecular weight is 519 g/mol. The molecule has 1 spiro atoms. The molecule has 0 N–H and O–H groups in total. The van der Waals surface area contributed by atoms with Gasteiger partial charge in [0.2, 0.25) is 0 Å². The number of carbonyl (C=O) groups is 4. The van der Waals surface area contributed by atoms with Crippen LogP contribution in [0.2, 0.25) is 0 Å². The van der Waals surface area contributed by atoms with Gasteiger partial charge in [-0.2, -0.15) is 0 Å². The summed E-state index contributed by atoms with van der Waals surface area (Å²) in [4.78, 5) is 52.3. The van der Waals surface area contributed by atoms with Crippen molar-refractivity contribution in [2.24, 2.45) is 51.8 Å². The van der Waals surface area contributed by atoms with Crippen LogP contribution < -0.4 is 0 Å². The largest absolute Gasteiger partial charge is 0.454 e. The summed E-state index contributed by atoms with van der Waals surface area (Å²) in [7, 11) is 0. The summed E-state index contributed by atoms with van der Waals surface area (Å²) in [5, 5.41) is 0. The normalized spacial score (nSPS) is 41.1. The SMILES string of the molecule is CC(C)C1=CC23CCC4C(C)(C(=O)COC(=O)c5ccccc5)CCCC4(C)C2CC1C1C(=O)OC(=O)C13. The Bertz CT molecular complexity index is 1230. The molecule has 1 saturated heterocycles. The highest BCUT2D eigenvalue weighted by molar-refractivity contribution is 5.98. The predicted molar refractivity (Wildman–Crippen MR) is 140 cm³/mol. The van der Waals surface area contributed by atoms with Crippen molar-refractivity contribution in [1.82, 2.24) is 0 Å². The van der Waals surface area contributed by atoms with Crippen LogP contribution in [0.5, 0.6) is 0 Å². The van der Waals surface area contributed by atoms with Crippen molar-refractivity contribution >= 4 is 23.7 Å². The molecule has 1 aliphatic heterocycles. The number of ether oxygens (including phenoxy) is 2. The Labute approximate surface area is 224 Å². The van der Waals surface area contributed by atoms with E-state index in [1.807, 2.05) is 6.07 Å². The van der Waals surface area contributed by atoms with E-state index < -0.39 is 22.7 Å². The molecule has 2 bridgehead atoms. The van der Waals surface area contributed by atoms with E-state index >= 15 is 0 Å². The Morgan fingerprint density at radius 1 is 1.03 bits per heavy atom. The summed E-state index contributed by atoms with van der Waals surface area (Å²) in [6.45, 7) is 8.52. The van der Waals surface area contributed by atoms with E-state index in [9.17, 15) is 19.2 Å². The lowest BCUT2D eigenvalue weighted by atomic mass is 9.34. The quantitative estimate of drug-likeness (QED) is 0.288. The number of esters is 3. The second-order valence-electron chi connectivity index (χ2n) is 13.3. The zero-order chi connectivity index (χ0) is 27.0. The first-order valence-corrected chi connectivity index (χ1v) is 14.3. The Morgan fingerprint density at radius 2 is 1.76 bits per heavy atom. The van der Waals surface area contributed by atoms with Crippen molar-refractivity contribution < 1.29 is 28.7 Å². The molecule has 6 heteroatoms.